The van der Waals surface area contributed by atoms with Gasteiger partial charge < -0.3 is 15.6 Å². The molecular formula is C10H14N4O4S. The average Bonchev–Trinajstić information content (AvgIpc) is 2.32. The fourth-order valence-electron chi connectivity index (χ4n) is 1.31. The van der Waals surface area contributed by atoms with Crippen LogP contribution in [0.15, 0.2) is 9.79 Å². The van der Waals surface area contributed by atoms with E-state index in [9.17, 15) is 14.7 Å². The summed E-state index contributed by atoms with van der Waals surface area (Å²) in [6.07, 6.45) is 1.08. The molecule has 1 aromatic heterocycles. The lowest BCUT2D eigenvalue weighted by Gasteiger charge is -2.10. The first kappa shape index (κ1) is 15.1. The van der Waals surface area contributed by atoms with Gasteiger partial charge in [-0.1, -0.05) is 0 Å². The third-order valence-corrected chi connectivity index (χ3v) is 2.52. The number of rotatable bonds is 6. The topological polar surface area (TPSA) is 123 Å². The van der Waals surface area contributed by atoms with Gasteiger partial charge >= 0.3 is 0 Å². The molecule has 1 heterocycles. The number of aromatic nitrogens is 2. The van der Waals surface area contributed by atoms with E-state index in [0.717, 1.165) is 6.21 Å². The Bertz CT molecular complexity index is 605. The minimum Gasteiger partial charge on any atom is -0.494 e. The van der Waals surface area contributed by atoms with Gasteiger partial charge in [-0.15, -0.1) is 0 Å². The Hall–Kier alpha value is -2.00. The summed E-state index contributed by atoms with van der Waals surface area (Å²) in [7, 11) is 1.50. The monoisotopic (exact) mass is 286 g/mol. The Balaban J connectivity index is 3.17. The van der Waals surface area contributed by atoms with Crippen molar-refractivity contribution in [3.05, 3.63) is 20.7 Å². The molecule has 1 amide bonds. The first-order valence-corrected chi connectivity index (χ1v) is 5.71. The number of carbonyl (C=O) groups is 1. The number of hydrogen-bond acceptors (Lipinski definition) is 6. The number of primary amides is 1. The molecule has 0 radical (unpaired) electrons. The van der Waals surface area contributed by atoms with E-state index in [1.807, 2.05) is 0 Å². The molecule has 1 rings (SSSR count). The van der Waals surface area contributed by atoms with Crippen molar-refractivity contribution in [2.75, 3.05) is 20.3 Å². The van der Waals surface area contributed by atoms with Crippen LogP contribution in [0.1, 0.15) is 5.56 Å². The van der Waals surface area contributed by atoms with Gasteiger partial charge in [-0.3, -0.25) is 24.1 Å². The molecule has 104 valence electrons. The number of hydrogen-bond donors (Lipinski definition) is 3. The molecule has 0 saturated heterocycles. The molecule has 1 aromatic rings. The Morgan fingerprint density at radius 2 is 2.37 bits per heavy atom. The van der Waals surface area contributed by atoms with Crippen LogP contribution in [0.5, 0.6) is 5.88 Å². The van der Waals surface area contributed by atoms with E-state index in [-0.39, 0.29) is 29.3 Å². The van der Waals surface area contributed by atoms with Crippen LogP contribution in [-0.2, 0) is 16.1 Å². The Kier molecular flexibility index (Phi) is 5.39. The number of nitrogens with one attached hydrogen (secondary N) is 1. The summed E-state index contributed by atoms with van der Waals surface area (Å²) in [6.45, 7) is 0.312. The van der Waals surface area contributed by atoms with Gasteiger partial charge in [-0.05, 0) is 12.2 Å². The minimum absolute atomic E-state index is 0.0756. The van der Waals surface area contributed by atoms with Crippen LogP contribution < -0.4 is 11.3 Å². The van der Waals surface area contributed by atoms with Crippen LogP contribution in [0.25, 0.3) is 0 Å². The standard InChI is InChI=1S/C10H14N4O4S/c1-18-3-2-14-9(17)6(4-12-5-7(11)15)8(16)13-10(14)19/h4,17H,2-3,5H2,1H3,(H2,11,15)(H,13,16,19). The summed E-state index contributed by atoms with van der Waals surface area (Å²) >= 11 is 4.93. The van der Waals surface area contributed by atoms with Gasteiger partial charge in [0, 0.05) is 13.3 Å². The lowest BCUT2D eigenvalue weighted by molar-refractivity contribution is -0.116. The van der Waals surface area contributed by atoms with E-state index in [1.54, 1.807) is 0 Å². The number of aromatic amines is 1. The second kappa shape index (κ2) is 6.81. The highest BCUT2D eigenvalue weighted by Crippen LogP contribution is 2.10. The van der Waals surface area contributed by atoms with E-state index in [0.29, 0.717) is 6.61 Å². The SMILES string of the molecule is COCCn1c(O)c(C=NCC(N)=O)c(=O)[nH]c1=S. The second-order valence-corrected chi connectivity index (χ2v) is 3.96. The molecule has 0 unspecified atom stereocenters. The van der Waals surface area contributed by atoms with Crippen LogP contribution in [0.2, 0.25) is 0 Å². The maximum Gasteiger partial charge on any atom is 0.264 e. The van der Waals surface area contributed by atoms with E-state index in [1.165, 1.54) is 11.7 Å². The molecular weight excluding hydrogens is 272 g/mol. The van der Waals surface area contributed by atoms with Gasteiger partial charge in [0.05, 0.1) is 13.2 Å². The molecule has 0 bridgehead atoms. The number of ether oxygens (including phenoxy) is 1. The van der Waals surface area contributed by atoms with Gasteiger partial charge in [0.15, 0.2) is 4.77 Å². The lowest BCUT2D eigenvalue weighted by atomic mass is 10.3. The molecule has 0 aliphatic rings. The predicted molar refractivity (Wildman–Crippen MR) is 71.1 cm³/mol. The van der Waals surface area contributed by atoms with Crippen molar-refractivity contribution in [2.24, 2.45) is 10.7 Å². The zero-order valence-electron chi connectivity index (χ0n) is 10.3. The highest BCUT2D eigenvalue weighted by molar-refractivity contribution is 7.71. The zero-order chi connectivity index (χ0) is 14.4. The van der Waals surface area contributed by atoms with E-state index in [2.05, 4.69) is 9.98 Å². The maximum absolute atomic E-state index is 11.6. The molecule has 0 saturated carbocycles. The molecule has 0 fully saturated rings. The summed E-state index contributed by atoms with van der Waals surface area (Å²) < 4.78 is 6.25. The first-order valence-electron chi connectivity index (χ1n) is 5.30. The first-order chi connectivity index (χ1) is 8.97. The summed E-state index contributed by atoms with van der Waals surface area (Å²) in [5, 5.41) is 9.96. The molecule has 4 N–H and O–H groups in total. The van der Waals surface area contributed by atoms with Crippen molar-refractivity contribution in [1.82, 2.24) is 9.55 Å². The van der Waals surface area contributed by atoms with Crippen LogP contribution in [-0.4, -0.2) is 47.0 Å². The number of H-pyrrole nitrogens is 1. The minimum atomic E-state index is -0.640. The fourth-order valence-corrected chi connectivity index (χ4v) is 1.58. The van der Waals surface area contributed by atoms with Crippen LogP contribution in [0.4, 0.5) is 0 Å². The molecule has 8 nitrogen and oxygen atoms in total. The van der Waals surface area contributed by atoms with Crippen LogP contribution >= 0.6 is 12.2 Å². The molecule has 9 heteroatoms. The Morgan fingerprint density at radius 3 is 2.95 bits per heavy atom. The van der Waals surface area contributed by atoms with Gasteiger partial charge in [0.2, 0.25) is 11.8 Å². The van der Waals surface area contributed by atoms with Crippen molar-refractivity contribution in [1.29, 1.82) is 0 Å². The molecule has 0 aliphatic heterocycles. The lowest BCUT2D eigenvalue weighted by Crippen LogP contribution is -2.20. The van der Waals surface area contributed by atoms with Gasteiger partial charge in [0.25, 0.3) is 5.56 Å². The van der Waals surface area contributed by atoms with Gasteiger partial charge in [-0.2, -0.15) is 0 Å². The Morgan fingerprint density at radius 1 is 1.68 bits per heavy atom. The van der Waals surface area contributed by atoms with Crippen LogP contribution in [0, 0.1) is 4.77 Å². The summed E-state index contributed by atoms with van der Waals surface area (Å²) in [5.41, 5.74) is 4.23. The second-order valence-electron chi connectivity index (χ2n) is 3.58. The fraction of sp³-hybridized carbons (Fsp3) is 0.400. The zero-order valence-corrected chi connectivity index (χ0v) is 11.1. The number of nitrogens with zero attached hydrogens (tertiary/aromatic N) is 2. The molecule has 0 aliphatic carbocycles. The van der Waals surface area contributed by atoms with E-state index >= 15 is 0 Å². The third kappa shape index (κ3) is 4.00. The Labute approximate surface area is 113 Å². The van der Waals surface area contributed by atoms with E-state index < -0.39 is 11.5 Å². The highest BCUT2D eigenvalue weighted by Gasteiger charge is 2.10. The maximum atomic E-state index is 11.6. The predicted octanol–water partition coefficient (Wildman–Crippen LogP) is -0.838. The van der Waals surface area contributed by atoms with Crippen molar-refractivity contribution < 1.29 is 14.6 Å². The summed E-state index contributed by atoms with van der Waals surface area (Å²) in [5.74, 6) is -0.974. The number of amides is 1. The largest absolute Gasteiger partial charge is 0.494 e. The molecule has 0 aromatic carbocycles. The van der Waals surface area contributed by atoms with Crippen molar-refractivity contribution in [2.45, 2.75) is 6.54 Å². The number of aliphatic imine (C=N–C) groups is 1. The number of aromatic hydroxyl groups is 1. The van der Waals surface area contributed by atoms with E-state index in [4.69, 9.17) is 22.7 Å². The van der Waals surface area contributed by atoms with Crippen molar-refractivity contribution in [3.8, 4) is 5.88 Å². The smallest absolute Gasteiger partial charge is 0.264 e. The molecule has 0 spiro atoms. The summed E-state index contributed by atoms with van der Waals surface area (Å²) in [6, 6.07) is 0. The highest BCUT2D eigenvalue weighted by atomic mass is 32.1. The average molecular weight is 286 g/mol. The van der Waals surface area contributed by atoms with Crippen LogP contribution in [0.3, 0.4) is 0 Å². The van der Waals surface area contributed by atoms with Crippen molar-refractivity contribution in [3.63, 3.8) is 0 Å². The number of methoxy groups -OCH3 is 1. The molecule has 0 atom stereocenters. The quantitative estimate of drug-likeness (QED) is 0.465. The third-order valence-electron chi connectivity index (χ3n) is 2.19. The number of carbonyl (C=O) groups excluding carboxylic acids is 1. The van der Waals surface area contributed by atoms with Crippen molar-refractivity contribution >= 4 is 24.3 Å². The number of nitrogens with two attached hydrogens (primary N) is 1. The van der Waals surface area contributed by atoms with Gasteiger partial charge in [-0.25, -0.2) is 0 Å². The summed E-state index contributed by atoms with van der Waals surface area (Å²) in [4.78, 5) is 28.2. The van der Waals surface area contributed by atoms with Gasteiger partial charge in [0.1, 0.15) is 12.1 Å². The molecule has 19 heavy (non-hydrogen) atoms. The normalized spacial score (nSPS) is 11.0.